The van der Waals surface area contributed by atoms with Gasteiger partial charge in [-0.2, -0.15) is 0 Å². The van der Waals surface area contributed by atoms with Crippen LogP contribution in [0.2, 0.25) is 5.02 Å². The van der Waals surface area contributed by atoms with Gasteiger partial charge >= 0.3 is 0 Å². The van der Waals surface area contributed by atoms with E-state index in [1.807, 2.05) is 34.9 Å². The number of nitrogens with zero attached hydrogens (tertiary/aromatic N) is 3. The number of benzene rings is 2. The summed E-state index contributed by atoms with van der Waals surface area (Å²) in [6, 6.07) is 13.9. The van der Waals surface area contributed by atoms with Crippen molar-refractivity contribution in [2.45, 2.75) is 18.9 Å². The van der Waals surface area contributed by atoms with Gasteiger partial charge in [-0.25, -0.2) is 4.98 Å². The van der Waals surface area contributed by atoms with Crippen molar-refractivity contribution in [1.29, 1.82) is 0 Å². The monoisotopic (exact) mass is 341 g/mol. The van der Waals surface area contributed by atoms with Gasteiger partial charge in [0.1, 0.15) is 12.6 Å². The fourth-order valence-corrected chi connectivity index (χ4v) is 2.71. The van der Waals surface area contributed by atoms with Crippen molar-refractivity contribution in [1.82, 2.24) is 14.5 Å². The van der Waals surface area contributed by atoms with E-state index < -0.39 is 0 Å². The minimum atomic E-state index is 0.624. The first-order valence-corrected chi connectivity index (χ1v) is 8.31. The molecule has 0 bridgehead atoms. The van der Waals surface area contributed by atoms with Crippen LogP contribution < -0.4 is 0 Å². The molecular weight excluding hydrogens is 322 g/mol. The third kappa shape index (κ3) is 3.83. The second-order valence-corrected chi connectivity index (χ2v) is 6.59. The molecule has 0 N–H and O–H groups in total. The first-order valence-electron chi connectivity index (χ1n) is 7.93. The Morgan fingerprint density at radius 1 is 1.21 bits per heavy atom. The minimum Gasteiger partial charge on any atom is -0.306 e. The fraction of sp³-hybridized carbons (Fsp3) is 0.263. The predicted molar refractivity (Wildman–Crippen MR) is 98.2 cm³/mol. The Morgan fingerprint density at radius 3 is 2.58 bits per heavy atom. The van der Waals surface area contributed by atoms with Crippen molar-refractivity contribution in [2.75, 3.05) is 14.1 Å². The molecule has 0 amide bonds. The van der Waals surface area contributed by atoms with Gasteiger partial charge in [-0.05, 0) is 63.3 Å². The molecular formula is C19H20ClN3O. The molecule has 1 saturated carbocycles. The maximum absolute atomic E-state index is 10.7. The molecule has 1 heterocycles. The number of halogens is 1. The molecule has 124 valence electrons. The molecule has 1 fully saturated rings. The third-order valence-electron chi connectivity index (χ3n) is 4.07. The summed E-state index contributed by atoms with van der Waals surface area (Å²) in [5.41, 5.74) is 3.31. The van der Waals surface area contributed by atoms with Crippen LogP contribution in [0.1, 0.15) is 23.2 Å². The summed E-state index contributed by atoms with van der Waals surface area (Å²) in [5.74, 6) is 0. The average Bonchev–Trinajstić information content (AvgIpc) is 3.35. The number of aldehydes is 1. The molecule has 1 aliphatic rings. The van der Waals surface area contributed by atoms with Crippen molar-refractivity contribution < 1.29 is 4.79 Å². The first-order chi connectivity index (χ1) is 11.6. The van der Waals surface area contributed by atoms with Crippen molar-refractivity contribution in [3.63, 3.8) is 0 Å². The molecule has 24 heavy (non-hydrogen) atoms. The van der Waals surface area contributed by atoms with Gasteiger partial charge in [0.2, 0.25) is 0 Å². The van der Waals surface area contributed by atoms with E-state index in [-0.39, 0.29) is 0 Å². The molecule has 0 spiro atoms. The third-order valence-corrected chi connectivity index (χ3v) is 4.31. The van der Waals surface area contributed by atoms with Crippen LogP contribution in [0.15, 0.2) is 48.8 Å². The highest BCUT2D eigenvalue weighted by atomic mass is 35.5. The van der Waals surface area contributed by atoms with E-state index in [0.717, 1.165) is 29.0 Å². The second kappa shape index (κ2) is 7.16. The van der Waals surface area contributed by atoms with Gasteiger partial charge in [-0.15, -0.1) is 0 Å². The highest BCUT2D eigenvalue weighted by Crippen LogP contribution is 2.23. The zero-order valence-electron chi connectivity index (χ0n) is 13.8. The highest BCUT2D eigenvalue weighted by molar-refractivity contribution is 6.30. The smallest absolute Gasteiger partial charge is 0.150 e. The molecule has 1 aliphatic carbocycles. The second-order valence-electron chi connectivity index (χ2n) is 6.16. The number of imidazole rings is 1. The quantitative estimate of drug-likeness (QED) is 0.670. The summed E-state index contributed by atoms with van der Waals surface area (Å²) in [5, 5.41) is 0.680. The van der Waals surface area contributed by atoms with Gasteiger partial charge in [-0.1, -0.05) is 17.7 Å². The van der Waals surface area contributed by atoms with E-state index in [4.69, 9.17) is 11.6 Å². The molecule has 3 aromatic rings. The molecule has 4 nitrogen and oxygen atoms in total. The Kier molecular flexibility index (Phi) is 4.97. The summed E-state index contributed by atoms with van der Waals surface area (Å²) in [6.07, 6.45) is 5.39. The number of hydrogen-bond acceptors (Lipinski definition) is 3. The number of carbonyl (C=O) groups excluding carboxylic acids is 1. The Labute approximate surface area is 146 Å². The van der Waals surface area contributed by atoms with E-state index in [9.17, 15) is 4.79 Å². The SMILES string of the molecule is CN(C)C1CC1.O=Cc1ccc2c(c1)ncn2-c1cccc(Cl)c1. The standard InChI is InChI=1S/C14H9ClN2O.C5H11N/c15-11-2-1-3-12(7-11)17-9-16-13-6-10(8-18)4-5-14(13)17;1-6(2)5-3-4-5/h1-9H;5H,3-4H2,1-2H3. The maximum Gasteiger partial charge on any atom is 0.150 e. The molecule has 0 saturated heterocycles. The number of aromatic nitrogens is 2. The average molecular weight is 342 g/mol. The molecule has 0 radical (unpaired) electrons. The predicted octanol–water partition coefficient (Wildman–Crippen LogP) is 4.20. The Morgan fingerprint density at radius 2 is 2.00 bits per heavy atom. The van der Waals surface area contributed by atoms with Crippen molar-refractivity contribution in [2.24, 2.45) is 0 Å². The van der Waals surface area contributed by atoms with Crippen LogP contribution in [-0.2, 0) is 0 Å². The molecule has 1 aromatic heterocycles. The summed E-state index contributed by atoms with van der Waals surface area (Å²) in [6.45, 7) is 0. The van der Waals surface area contributed by atoms with E-state index >= 15 is 0 Å². The molecule has 5 heteroatoms. The molecule has 4 rings (SSSR count). The Bertz CT molecular complexity index is 853. The van der Waals surface area contributed by atoms with Crippen molar-refractivity contribution in [3.8, 4) is 5.69 Å². The topological polar surface area (TPSA) is 38.1 Å². The maximum atomic E-state index is 10.7. The lowest BCUT2D eigenvalue weighted by Gasteiger charge is -2.04. The zero-order valence-corrected chi connectivity index (χ0v) is 14.6. The van der Waals surface area contributed by atoms with Gasteiger partial charge < -0.3 is 4.90 Å². The van der Waals surface area contributed by atoms with Crippen LogP contribution in [0.4, 0.5) is 0 Å². The van der Waals surface area contributed by atoms with E-state index in [0.29, 0.717) is 10.6 Å². The first kappa shape index (κ1) is 16.7. The summed E-state index contributed by atoms with van der Waals surface area (Å²) in [7, 11) is 4.27. The minimum absolute atomic E-state index is 0.624. The van der Waals surface area contributed by atoms with Gasteiger partial charge in [0.05, 0.1) is 11.0 Å². The molecule has 2 aromatic carbocycles. The highest BCUT2D eigenvalue weighted by Gasteiger charge is 2.22. The lowest BCUT2D eigenvalue weighted by atomic mass is 10.2. The van der Waals surface area contributed by atoms with E-state index in [2.05, 4.69) is 24.0 Å². The fourth-order valence-electron chi connectivity index (χ4n) is 2.53. The van der Waals surface area contributed by atoms with Crippen LogP contribution in [0.3, 0.4) is 0 Å². The Hall–Kier alpha value is -2.17. The number of fused-ring (bicyclic) bond motifs is 1. The number of rotatable bonds is 3. The lowest BCUT2D eigenvalue weighted by Crippen LogP contribution is -2.12. The van der Waals surface area contributed by atoms with Crippen LogP contribution in [0, 0.1) is 0 Å². The number of hydrogen-bond donors (Lipinski definition) is 0. The van der Waals surface area contributed by atoms with Gasteiger partial charge in [0.15, 0.2) is 0 Å². The van der Waals surface area contributed by atoms with E-state index in [1.165, 1.54) is 12.8 Å². The van der Waals surface area contributed by atoms with Crippen LogP contribution in [0.5, 0.6) is 0 Å². The number of carbonyl (C=O) groups is 1. The lowest BCUT2D eigenvalue weighted by molar-refractivity contribution is 0.112. The van der Waals surface area contributed by atoms with Crippen LogP contribution >= 0.6 is 11.6 Å². The molecule has 0 unspecified atom stereocenters. The van der Waals surface area contributed by atoms with Crippen molar-refractivity contribution >= 4 is 28.9 Å². The van der Waals surface area contributed by atoms with Crippen LogP contribution in [-0.4, -0.2) is 40.9 Å². The van der Waals surface area contributed by atoms with Crippen LogP contribution in [0.25, 0.3) is 16.7 Å². The summed E-state index contributed by atoms with van der Waals surface area (Å²) in [4.78, 5) is 17.3. The van der Waals surface area contributed by atoms with E-state index in [1.54, 1.807) is 18.5 Å². The Balaban J connectivity index is 0.000000238. The van der Waals surface area contributed by atoms with Gasteiger partial charge in [0.25, 0.3) is 0 Å². The van der Waals surface area contributed by atoms with Crippen molar-refractivity contribution in [3.05, 3.63) is 59.4 Å². The molecule has 0 aliphatic heterocycles. The molecule has 0 atom stereocenters. The summed E-state index contributed by atoms with van der Waals surface area (Å²) >= 11 is 5.98. The normalized spacial score (nSPS) is 13.7. The summed E-state index contributed by atoms with van der Waals surface area (Å²) < 4.78 is 1.94. The zero-order chi connectivity index (χ0) is 17.1. The van der Waals surface area contributed by atoms with Gasteiger partial charge in [0, 0.05) is 22.3 Å². The van der Waals surface area contributed by atoms with Gasteiger partial charge in [-0.3, -0.25) is 9.36 Å². The largest absolute Gasteiger partial charge is 0.306 e.